The van der Waals surface area contributed by atoms with Crippen LogP contribution in [0, 0.1) is 17.8 Å². The maximum atomic E-state index is 13.6. The van der Waals surface area contributed by atoms with Crippen LogP contribution in [0.2, 0.25) is 0 Å². The van der Waals surface area contributed by atoms with E-state index in [0.717, 1.165) is 30.2 Å². The zero-order chi connectivity index (χ0) is 19.9. The summed E-state index contributed by atoms with van der Waals surface area (Å²) in [4.78, 5) is 15.2. The topological polar surface area (TPSA) is 29.5 Å². The lowest BCUT2D eigenvalue weighted by molar-refractivity contribution is -0.195. The van der Waals surface area contributed by atoms with Crippen LogP contribution in [0.15, 0.2) is 36.4 Å². The van der Waals surface area contributed by atoms with Crippen molar-refractivity contribution in [3.05, 3.63) is 42.0 Å². The van der Waals surface area contributed by atoms with Crippen molar-refractivity contribution >= 4 is 16.6 Å². The molecule has 0 amide bonds. The normalized spacial score (nSPS) is 23.7. The molecule has 2 aliphatic rings. The Balaban J connectivity index is 1.61. The molecule has 0 aromatic heterocycles. The van der Waals surface area contributed by atoms with Crippen LogP contribution in [0.25, 0.3) is 10.8 Å². The highest BCUT2D eigenvalue weighted by molar-refractivity contribution is 6.01. The minimum atomic E-state index is -4.35. The van der Waals surface area contributed by atoms with Gasteiger partial charge in [-0.3, -0.25) is 4.79 Å². The van der Waals surface area contributed by atoms with E-state index in [0.29, 0.717) is 23.8 Å². The largest absolute Gasteiger partial charge is 0.497 e. The predicted molar refractivity (Wildman–Crippen MR) is 102 cm³/mol. The standard InChI is InChI=1S/C22H24F3NO2/c1-28-18-7-6-15-10-17(5-4-16(15)11-18)21(27)19-13-26(12-14-2-3-14)9-8-20(19)22(23,24)25/h4-7,10-11,14,19-20H,2-3,8-9,12-13H2,1H3/t19?,20-/m0/s1. The van der Waals surface area contributed by atoms with Gasteiger partial charge in [-0.15, -0.1) is 0 Å². The fraction of sp³-hybridized carbons (Fsp3) is 0.500. The molecule has 0 N–H and O–H groups in total. The number of Topliss-reactive ketones (excluding diaryl/α,β-unsaturated/α-hetero) is 1. The number of hydrogen-bond acceptors (Lipinski definition) is 3. The third kappa shape index (κ3) is 4.02. The first-order valence-electron chi connectivity index (χ1n) is 9.76. The molecule has 2 atom stereocenters. The van der Waals surface area contributed by atoms with E-state index in [1.165, 1.54) is 0 Å². The Kier molecular flexibility index (Phi) is 5.08. The van der Waals surface area contributed by atoms with Crippen LogP contribution in [0.4, 0.5) is 13.2 Å². The van der Waals surface area contributed by atoms with Crippen molar-refractivity contribution in [1.82, 2.24) is 4.90 Å². The van der Waals surface area contributed by atoms with Crippen molar-refractivity contribution in [3.8, 4) is 5.75 Å². The molecule has 1 heterocycles. The number of nitrogens with zero attached hydrogens (tertiary/aromatic N) is 1. The summed E-state index contributed by atoms with van der Waals surface area (Å²) in [5.41, 5.74) is 0.352. The van der Waals surface area contributed by atoms with Crippen LogP contribution >= 0.6 is 0 Å². The van der Waals surface area contributed by atoms with Gasteiger partial charge in [0.1, 0.15) is 5.75 Å². The number of likely N-dealkylation sites (tertiary alicyclic amines) is 1. The smallest absolute Gasteiger partial charge is 0.392 e. The first-order chi connectivity index (χ1) is 13.3. The molecular weight excluding hydrogens is 367 g/mol. The van der Waals surface area contributed by atoms with Crippen LogP contribution in [0.1, 0.15) is 29.6 Å². The van der Waals surface area contributed by atoms with Gasteiger partial charge in [-0.25, -0.2) is 0 Å². The molecule has 0 radical (unpaired) electrons. The zero-order valence-electron chi connectivity index (χ0n) is 15.8. The van der Waals surface area contributed by atoms with Gasteiger partial charge in [-0.1, -0.05) is 18.2 Å². The quantitative estimate of drug-likeness (QED) is 0.676. The molecule has 0 bridgehead atoms. The minimum absolute atomic E-state index is 0.00257. The van der Waals surface area contributed by atoms with Crippen LogP contribution < -0.4 is 4.74 Å². The molecule has 1 saturated heterocycles. The fourth-order valence-corrected chi connectivity index (χ4v) is 4.23. The molecule has 2 aromatic rings. The number of hydrogen-bond donors (Lipinski definition) is 0. The van der Waals surface area contributed by atoms with Crippen LogP contribution in [0.3, 0.4) is 0 Å². The summed E-state index contributed by atoms with van der Waals surface area (Å²) in [6, 6.07) is 10.6. The third-order valence-corrected chi connectivity index (χ3v) is 6.00. The Morgan fingerprint density at radius 3 is 2.50 bits per heavy atom. The number of benzene rings is 2. The SMILES string of the molecule is COc1ccc2cc(C(=O)C3CN(CC4CC4)CC[C@@H]3C(F)(F)F)ccc2c1. The molecule has 1 aliphatic heterocycles. The summed E-state index contributed by atoms with van der Waals surface area (Å²) in [6.45, 7) is 1.42. The van der Waals surface area contributed by atoms with Crippen molar-refractivity contribution < 1.29 is 22.7 Å². The van der Waals surface area contributed by atoms with Gasteiger partial charge in [0.25, 0.3) is 0 Å². The molecule has 3 nitrogen and oxygen atoms in total. The van der Waals surface area contributed by atoms with Crippen molar-refractivity contribution in [2.45, 2.75) is 25.4 Å². The van der Waals surface area contributed by atoms with E-state index < -0.39 is 23.8 Å². The third-order valence-electron chi connectivity index (χ3n) is 6.00. The average molecular weight is 391 g/mol. The first-order valence-corrected chi connectivity index (χ1v) is 9.76. The van der Waals surface area contributed by atoms with Crippen molar-refractivity contribution in [3.63, 3.8) is 0 Å². The van der Waals surface area contributed by atoms with Gasteiger partial charge in [0, 0.05) is 24.6 Å². The lowest BCUT2D eigenvalue weighted by Gasteiger charge is -2.38. The van der Waals surface area contributed by atoms with Gasteiger partial charge < -0.3 is 9.64 Å². The number of halogens is 3. The summed E-state index contributed by atoms with van der Waals surface area (Å²) in [5, 5.41) is 1.71. The monoisotopic (exact) mass is 391 g/mol. The first kappa shape index (κ1) is 19.2. The number of methoxy groups -OCH3 is 1. The molecule has 2 fully saturated rings. The molecule has 28 heavy (non-hydrogen) atoms. The van der Waals surface area contributed by atoms with Crippen molar-refractivity contribution in [1.29, 1.82) is 0 Å². The van der Waals surface area contributed by atoms with Crippen molar-refractivity contribution in [2.24, 2.45) is 17.8 Å². The summed E-state index contributed by atoms with van der Waals surface area (Å²) in [6.07, 6.45) is -2.06. The average Bonchev–Trinajstić information content (AvgIpc) is 3.49. The lowest BCUT2D eigenvalue weighted by Crippen LogP contribution is -2.49. The van der Waals surface area contributed by atoms with E-state index in [4.69, 9.17) is 4.74 Å². The van der Waals surface area contributed by atoms with Gasteiger partial charge in [0.15, 0.2) is 5.78 Å². The Labute approximate surface area is 162 Å². The number of fused-ring (bicyclic) bond motifs is 1. The summed E-state index contributed by atoms with van der Waals surface area (Å²) < 4.78 is 46.1. The molecule has 4 rings (SSSR count). The molecule has 2 aromatic carbocycles. The molecule has 1 aliphatic carbocycles. The highest BCUT2D eigenvalue weighted by Crippen LogP contribution is 2.41. The number of ether oxygens (including phenoxy) is 1. The molecule has 0 spiro atoms. The van der Waals surface area contributed by atoms with Crippen LogP contribution in [-0.4, -0.2) is 43.6 Å². The molecule has 150 valence electrons. The molecule has 1 saturated carbocycles. The lowest BCUT2D eigenvalue weighted by atomic mass is 9.79. The summed E-state index contributed by atoms with van der Waals surface area (Å²) in [5.74, 6) is -1.72. The predicted octanol–water partition coefficient (Wildman–Crippen LogP) is 4.94. The van der Waals surface area contributed by atoms with Gasteiger partial charge in [0.05, 0.1) is 13.0 Å². The van der Waals surface area contributed by atoms with Crippen LogP contribution in [-0.2, 0) is 0 Å². The summed E-state index contributed by atoms with van der Waals surface area (Å²) >= 11 is 0. The van der Waals surface area contributed by atoms with Crippen LogP contribution in [0.5, 0.6) is 5.75 Å². The van der Waals surface area contributed by atoms with E-state index in [2.05, 4.69) is 0 Å². The Hall–Kier alpha value is -2.08. The Bertz CT molecular complexity index is 876. The highest BCUT2D eigenvalue weighted by Gasteiger charge is 2.49. The van der Waals surface area contributed by atoms with Gasteiger partial charge in [-0.2, -0.15) is 13.2 Å². The second kappa shape index (κ2) is 7.39. The minimum Gasteiger partial charge on any atom is -0.497 e. The number of alkyl halides is 3. The maximum absolute atomic E-state index is 13.6. The second-order valence-electron chi connectivity index (χ2n) is 8.04. The van der Waals surface area contributed by atoms with Gasteiger partial charge in [-0.05, 0) is 60.7 Å². The van der Waals surface area contributed by atoms with E-state index in [1.54, 1.807) is 31.4 Å². The number of carbonyl (C=O) groups is 1. The number of piperidine rings is 1. The molecule has 1 unspecified atom stereocenters. The Morgan fingerprint density at radius 1 is 1.11 bits per heavy atom. The highest BCUT2D eigenvalue weighted by atomic mass is 19.4. The number of carbonyl (C=O) groups excluding carboxylic acids is 1. The molecule has 6 heteroatoms. The Morgan fingerprint density at radius 2 is 1.82 bits per heavy atom. The van der Waals surface area contributed by atoms with Gasteiger partial charge in [0.2, 0.25) is 0 Å². The maximum Gasteiger partial charge on any atom is 0.392 e. The fourth-order valence-electron chi connectivity index (χ4n) is 4.23. The van der Waals surface area contributed by atoms with E-state index >= 15 is 0 Å². The van der Waals surface area contributed by atoms with E-state index in [1.807, 2.05) is 17.0 Å². The van der Waals surface area contributed by atoms with Gasteiger partial charge >= 0.3 is 6.18 Å². The van der Waals surface area contributed by atoms with Crippen molar-refractivity contribution in [2.75, 3.05) is 26.7 Å². The summed E-state index contributed by atoms with van der Waals surface area (Å²) in [7, 11) is 1.58. The zero-order valence-corrected chi connectivity index (χ0v) is 15.8. The molecular formula is C22H24F3NO2. The second-order valence-corrected chi connectivity index (χ2v) is 8.04. The number of rotatable bonds is 5. The van der Waals surface area contributed by atoms with E-state index in [-0.39, 0.29) is 13.0 Å². The number of ketones is 1. The van der Waals surface area contributed by atoms with E-state index in [9.17, 15) is 18.0 Å².